The highest BCUT2D eigenvalue weighted by Gasteiger charge is 2.13. The Morgan fingerprint density at radius 3 is 2.84 bits per heavy atom. The molecule has 3 aromatic rings. The Morgan fingerprint density at radius 2 is 2.11 bits per heavy atom. The topological polar surface area (TPSA) is 68.0 Å². The summed E-state index contributed by atoms with van der Waals surface area (Å²) in [7, 11) is 0. The number of carbonyl (C=O) groups is 1. The third-order valence-electron chi connectivity index (χ3n) is 2.78. The Balaban J connectivity index is 2.27. The number of hydrogen-bond donors (Lipinski definition) is 1. The molecule has 0 aliphatic rings. The van der Waals surface area contributed by atoms with Crippen molar-refractivity contribution >= 4 is 28.5 Å². The fraction of sp³-hybridized carbons (Fsp3) is 0. The van der Waals surface area contributed by atoms with Crippen LogP contribution in [0, 0.1) is 0 Å². The first kappa shape index (κ1) is 11.7. The summed E-state index contributed by atoms with van der Waals surface area (Å²) in [4.78, 5) is 15.1. The summed E-state index contributed by atoms with van der Waals surface area (Å²) < 4.78 is 1.61. The number of pyridine rings is 1. The lowest BCUT2D eigenvalue weighted by atomic mass is 10.2. The molecule has 0 fully saturated rings. The van der Waals surface area contributed by atoms with E-state index < -0.39 is 5.97 Å². The molecular formula is C13H8ClN3O2. The molecule has 0 unspecified atom stereocenters. The smallest absolute Gasteiger partial charge is 0.338 e. The molecule has 5 nitrogen and oxygen atoms in total. The molecule has 0 saturated carbocycles. The van der Waals surface area contributed by atoms with Crippen LogP contribution in [-0.4, -0.2) is 25.8 Å². The Labute approximate surface area is 113 Å². The van der Waals surface area contributed by atoms with Gasteiger partial charge in [0.1, 0.15) is 0 Å². The predicted molar refractivity (Wildman–Crippen MR) is 70.8 cm³/mol. The molecule has 0 radical (unpaired) electrons. The molecule has 0 aliphatic heterocycles. The fourth-order valence-corrected chi connectivity index (χ4v) is 2.11. The van der Waals surface area contributed by atoms with Crippen LogP contribution in [0.5, 0.6) is 0 Å². The van der Waals surface area contributed by atoms with Gasteiger partial charge in [-0.25, -0.2) is 9.48 Å². The summed E-state index contributed by atoms with van der Waals surface area (Å²) in [5, 5.41) is 14.4. The van der Waals surface area contributed by atoms with E-state index in [0.29, 0.717) is 15.9 Å². The van der Waals surface area contributed by atoms with Crippen molar-refractivity contribution in [2.75, 3.05) is 0 Å². The number of rotatable bonds is 2. The zero-order valence-corrected chi connectivity index (χ0v) is 10.4. The summed E-state index contributed by atoms with van der Waals surface area (Å²) >= 11 is 5.94. The van der Waals surface area contributed by atoms with Crippen molar-refractivity contribution < 1.29 is 9.90 Å². The lowest BCUT2D eigenvalue weighted by molar-refractivity contribution is 0.0698. The highest BCUT2D eigenvalue weighted by atomic mass is 35.5. The van der Waals surface area contributed by atoms with Crippen LogP contribution in [0.25, 0.3) is 16.6 Å². The van der Waals surface area contributed by atoms with E-state index in [-0.39, 0.29) is 5.56 Å². The number of carboxylic acids is 1. The van der Waals surface area contributed by atoms with E-state index in [1.165, 1.54) is 12.4 Å². The quantitative estimate of drug-likeness (QED) is 0.779. The Hall–Kier alpha value is -2.40. The first-order valence-electron chi connectivity index (χ1n) is 5.48. The van der Waals surface area contributed by atoms with Gasteiger partial charge in [0.15, 0.2) is 0 Å². The van der Waals surface area contributed by atoms with Gasteiger partial charge >= 0.3 is 5.97 Å². The van der Waals surface area contributed by atoms with Gasteiger partial charge < -0.3 is 5.11 Å². The van der Waals surface area contributed by atoms with Crippen molar-refractivity contribution in [1.29, 1.82) is 0 Å². The van der Waals surface area contributed by atoms with Crippen LogP contribution in [0.4, 0.5) is 0 Å². The highest BCUT2D eigenvalue weighted by molar-refractivity contribution is 6.30. The van der Waals surface area contributed by atoms with Crippen LogP contribution >= 0.6 is 11.6 Å². The second kappa shape index (κ2) is 4.37. The molecular weight excluding hydrogens is 266 g/mol. The van der Waals surface area contributed by atoms with Gasteiger partial charge in [-0.2, -0.15) is 5.10 Å². The average Bonchev–Trinajstić information content (AvgIpc) is 2.82. The highest BCUT2D eigenvalue weighted by Crippen LogP contribution is 2.22. The molecule has 1 aromatic carbocycles. The van der Waals surface area contributed by atoms with Crippen molar-refractivity contribution in [2.45, 2.75) is 0 Å². The first-order chi connectivity index (χ1) is 9.16. The van der Waals surface area contributed by atoms with E-state index in [4.69, 9.17) is 16.7 Å². The number of carboxylic acid groups (broad SMARTS) is 1. The number of benzene rings is 1. The standard InChI is InChI=1S/C13H8ClN3O2/c14-8-2-1-3-9(4-8)17-12-7-15-5-11(13(18)19)10(12)6-16-17/h1-7H,(H,18,19). The van der Waals surface area contributed by atoms with E-state index in [1.54, 1.807) is 29.1 Å². The molecule has 0 aliphatic carbocycles. The van der Waals surface area contributed by atoms with Gasteiger partial charge in [0.2, 0.25) is 0 Å². The van der Waals surface area contributed by atoms with Gasteiger partial charge in [-0.1, -0.05) is 17.7 Å². The number of fused-ring (bicyclic) bond motifs is 1. The second-order valence-corrected chi connectivity index (χ2v) is 4.40. The van der Waals surface area contributed by atoms with E-state index in [1.807, 2.05) is 6.07 Å². The summed E-state index contributed by atoms with van der Waals surface area (Å²) in [5.41, 5.74) is 1.51. The first-order valence-corrected chi connectivity index (χ1v) is 5.85. The van der Waals surface area contributed by atoms with Crippen LogP contribution in [0.3, 0.4) is 0 Å². The monoisotopic (exact) mass is 273 g/mol. The maximum atomic E-state index is 11.1. The van der Waals surface area contributed by atoms with E-state index in [9.17, 15) is 4.79 Å². The zero-order valence-electron chi connectivity index (χ0n) is 9.62. The van der Waals surface area contributed by atoms with E-state index in [2.05, 4.69) is 10.1 Å². The minimum Gasteiger partial charge on any atom is -0.478 e. The zero-order chi connectivity index (χ0) is 13.4. The van der Waals surface area contributed by atoms with Crippen LogP contribution in [0.2, 0.25) is 5.02 Å². The molecule has 94 valence electrons. The van der Waals surface area contributed by atoms with Crippen LogP contribution in [0.15, 0.2) is 42.9 Å². The molecule has 6 heteroatoms. The van der Waals surface area contributed by atoms with E-state index >= 15 is 0 Å². The second-order valence-electron chi connectivity index (χ2n) is 3.96. The molecule has 0 saturated heterocycles. The third kappa shape index (κ3) is 1.94. The third-order valence-corrected chi connectivity index (χ3v) is 3.02. The molecule has 0 atom stereocenters. The SMILES string of the molecule is O=C(O)c1cncc2c1cnn2-c1cccc(Cl)c1. The fourth-order valence-electron chi connectivity index (χ4n) is 1.93. The molecule has 0 amide bonds. The predicted octanol–water partition coefficient (Wildman–Crippen LogP) is 2.77. The van der Waals surface area contributed by atoms with E-state index in [0.717, 1.165) is 5.69 Å². The van der Waals surface area contributed by atoms with Crippen LogP contribution in [0.1, 0.15) is 10.4 Å². The molecule has 1 N–H and O–H groups in total. The number of hydrogen-bond acceptors (Lipinski definition) is 3. The number of aromatic carboxylic acids is 1. The molecule has 0 spiro atoms. The lowest BCUT2D eigenvalue weighted by Crippen LogP contribution is -1.99. The van der Waals surface area contributed by atoms with Crippen LogP contribution in [-0.2, 0) is 0 Å². The normalized spacial score (nSPS) is 10.8. The lowest BCUT2D eigenvalue weighted by Gasteiger charge is -2.04. The summed E-state index contributed by atoms with van der Waals surface area (Å²) in [6, 6.07) is 7.16. The average molecular weight is 274 g/mol. The maximum Gasteiger partial charge on any atom is 0.338 e. The van der Waals surface area contributed by atoms with Crippen molar-refractivity contribution in [1.82, 2.24) is 14.8 Å². The molecule has 0 bridgehead atoms. The summed E-state index contributed by atoms with van der Waals surface area (Å²) in [6.07, 6.45) is 4.41. The molecule has 3 rings (SSSR count). The minimum atomic E-state index is -1.02. The van der Waals surface area contributed by atoms with Gasteiger partial charge in [0.25, 0.3) is 0 Å². The number of nitrogens with zero attached hydrogens (tertiary/aromatic N) is 3. The summed E-state index contributed by atoms with van der Waals surface area (Å²) in [5.74, 6) is -1.02. The van der Waals surface area contributed by atoms with Crippen molar-refractivity contribution in [3.8, 4) is 5.69 Å². The summed E-state index contributed by atoms with van der Waals surface area (Å²) in [6.45, 7) is 0. The van der Waals surface area contributed by atoms with Crippen LogP contribution < -0.4 is 0 Å². The Kier molecular flexibility index (Phi) is 2.68. The molecule has 19 heavy (non-hydrogen) atoms. The van der Waals surface area contributed by atoms with Crippen molar-refractivity contribution in [3.05, 3.63) is 53.4 Å². The van der Waals surface area contributed by atoms with Gasteiger partial charge in [-0.05, 0) is 18.2 Å². The number of halogens is 1. The Bertz CT molecular complexity index is 782. The largest absolute Gasteiger partial charge is 0.478 e. The minimum absolute atomic E-state index is 0.130. The van der Waals surface area contributed by atoms with Crippen molar-refractivity contribution in [2.24, 2.45) is 0 Å². The maximum absolute atomic E-state index is 11.1. The molecule has 2 heterocycles. The van der Waals surface area contributed by atoms with Gasteiger partial charge in [-0.3, -0.25) is 4.98 Å². The van der Waals surface area contributed by atoms with Gasteiger partial charge in [0, 0.05) is 16.6 Å². The number of aromatic nitrogens is 3. The van der Waals surface area contributed by atoms with Gasteiger partial charge in [-0.15, -0.1) is 0 Å². The van der Waals surface area contributed by atoms with Crippen molar-refractivity contribution in [3.63, 3.8) is 0 Å². The Morgan fingerprint density at radius 1 is 1.26 bits per heavy atom. The molecule has 2 aromatic heterocycles. The van der Waals surface area contributed by atoms with Gasteiger partial charge in [0.05, 0.1) is 29.2 Å².